The lowest BCUT2D eigenvalue weighted by Gasteiger charge is -2.34. The monoisotopic (exact) mass is 296 g/mol. The molecule has 0 bridgehead atoms. The molecule has 2 amide bonds. The summed E-state index contributed by atoms with van der Waals surface area (Å²) in [7, 11) is 0. The highest BCUT2D eigenvalue weighted by molar-refractivity contribution is 7.09. The minimum Gasteiger partial charge on any atom is -0.339 e. The van der Waals surface area contributed by atoms with E-state index >= 15 is 0 Å². The molecule has 1 aromatic heterocycles. The predicted octanol–water partition coefficient (Wildman–Crippen LogP) is 0.396. The van der Waals surface area contributed by atoms with E-state index < -0.39 is 0 Å². The van der Waals surface area contributed by atoms with E-state index in [2.05, 4.69) is 4.98 Å². The Labute approximate surface area is 122 Å². The number of aromatic nitrogens is 1. The largest absolute Gasteiger partial charge is 0.339 e. The molecular formula is C13H20N4O2S. The fourth-order valence-corrected chi connectivity index (χ4v) is 2.93. The molecule has 1 unspecified atom stereocenters. The van der Waals surface area contributed by atoms with Crippen LogP contribution in [-0.4, -0.2) is 52.8 Å². The first kappa shape index (κ1) is 14.9. The Morgan fingerprint density at radius 3 is 2.45 bits per heavy atom. The first-order valence-corrected chi connectivity index (χ1v) is 7.58. The van der Waals surface area contributed by atoms with Crippen LogP contribution in [-0.2, 0) is 16.0 Å². The van der Waals surface area contributed by atoms with Crippen molar-refractivity contribution in [2.24, 2.45) is 5.73 Å². The van der Waals surface area contributed by atoms with Gasteiger partial charge in [0, 0.05) is 38.5 Å². The van der Waals surface area contributed by atoms with Crippen LogP contribution in [0.4, 0.5) is 0 Å². The van der Waals surface area contributed by atoms with E-state index in [9.17, 15) is 9.59 Å². The van der Waals surface area contributed by atoms with Crippen LogP contribution in [0.5, 0.6) is 0 Å². The number of hydrogen-bond acceptors (Lipinski definition) is 5. The molecule has 0 saturated carbocycles. The van der Waals surface area contributed by atoms with Crippen molar-refractivity contribution < 1.29 is 9.59 Å². The van der Waals surface area contributed by atoms with Gasteiger partial charge in [-0.05, 0) is 6.92 Å². The van der Waals surface area contributed by atoms with Crippen molar-refractivity contribution in [3.63, 3.8) is 0 Å². The van der Waals surface area contributed by atoms with E-state index in [0.29, 0.717) is 32.6 Å². The van der Waals surface area contributed by atoms with Crippen LogP contribution in [0.3, 0.4) is 0 Å². The average Bonchev–Trinajstić information content (AvgIpc) is 2.87. The molecule has 20 heavy (non-hydrogen) atoms. The van der Waals surface area contributed by atoms with Gasteiger partial charge in [-0.2, -0.15) is 0 Å². The number of rotatable bonds is 3. The van der Waals surface area contributed by atoms with Crippen LogP contribution in [0, 0.1) is 0 Å². The third-order valence-corrected chi connectivity index (χ3v) is 4.46. The fourth-order valence-electron chi connectivity index (χ4n) is 2.15. The van der Waals surface area contributed by atoms with Crippen molar-refractivity contribution >= 4 is 23.2 Å². The Morgan fingerprint density at radius 2 is 1.95 bits per heavy atom. The summed E-state index contributed by atoms with van der Waals surface area (Å²) in [6.45, 7) is 5.87. The van der Waals surface area contributed by atoms with Crippen molar-refractivity contribution in [2.45, 2.75) is 26.3 Å². The van der Waals surface area contributed by atoms with Gasteiger partial charge in [-0.1, -0.05) is 0 Å². The summed E-state index contributed by atoms with van der Waals surface area (Å²) in [4.78, 5) is 31.3. The fraction of sp³-hybridized carbons (Fsp3) is 0.615. The van der Waals surface area contributed by atoms with E-state index in [1.807, 2.05) is 12.3 Å². The maximum Gasteiger partial charge on any atom is 0.228 e. The second-order valence-electron chi connectivity index (χ2n) is 5.03. The van der Waals surface area contributed by atoms with Gasteiger partial charge >= 0.3 is 0 Å². The van der Waals surface area contributed by atoms with Gasteiger partial charge in [-0.3, -0.25) is 9.59 Å². The molecule has 2 heterocycles. The van der Waals surface area contributed by atoms with Gasteiger partial charge in [0.1, 0.15) is 5.01 Å². The molecule has 0 radical (unpaired) electrons. The summed E-state index contributed by atoms with van der Waals surface area (Å²) in [6, 6.07) is -0.0945. The van der Waals surface area contributed by atoms with Crippen molar-refractivity contribution in [3.8, 4) is 0 Å². The standard InChI is InChI=1S/C13H20N4O2S/c1-9(14)13-15-11(8-20-13)7-12(19)17-5-3-16(4-6-17)10(2)18/h8-9H,3-7,14H2,1-2H3. The number of carbonyl (C=O) groups is 2. The maximum absolute atomic E-state index is 12.2. The third-order valence-electron chi connectivity index (χ3n) is 3.37. The minimum atomic E-state index is -0.0945. The summed E-state index contributed by atoms with van der Waals surface area (Å²) in [5.41, 5.74) is 6.54. The first-order valence-electron chi connectivity index (χ1n) is 6.70. The summed E-state index contributed by atoms with van der Waals surface area (Å²) in [5, 5.41) is 2.75. The highest BCUT2D eigenvalue weighted by Crippen LogP contribution is 2.17. The van der Waals surface area contributed by atoms with Gasteiger partial charge in [-0.25, -0.2) is 4.98 Å². The van der Waals surface area contributed by atoms with Crippen LogP contribution in [0.25, 0.3) is 0 Å². The minimum absolute atomic E-state index is 0.0646. The van der Waals surface area contributed by atoms with E-state index in [1.165, 1.54) is 11.3 Å². The molecular weight excluding hydrogens is 276 g/mol. The third kappa shape index (κ3) is 3.55. The summed E-state index contributed by atoms with van der Waals surface area (Å²) in [6.07, 6.45) is 0.309. The molecule has 1 saturated heterocycles. The quantitative estimate of drug-likeness (QED) is 0.875. The van der Waals surface area contributed by atoms with Gasteiger partial charge in [0.05, 0.1) is 18.2 Å². The second-order valence-corrected chi connectivity index (χ2v) is 5.92. The highest BCUT2D eigenvalue weighted by Gasteiger charge is 2.23. The zero-order valence-electron chi connectivity index (χ0n) is 11.8. The van der Waals surface area contributed by atoms with E-state index in [1.54, 1.807) is 16.7 Å². The molecule has 110 valence electrons. The number of amides is 2. The van der Waals surface area contributed by atoms with Crippen molar-refractivity contribution in [3.05, 3.63) is 16.1 Å². The highest BCUT2D eigenvalue weighted by atomic mass is 32.1. The Kier molecular flexibility index (Phi) is 4.72. The molecule has 1 aliphatic rings. The van der Waals surface area contributed by atoms with Gasteiger partial charge in [0.15, 0.2) is 0 Å². The van der Waals surface area contributed by atoms with Gasteiger partial charge in [0.25, 0.3) is 0 Å². The van der Waals surface area contributed by atoms with Gasteiger partial charge in [0.2, 0.25) is 11.8 Å². The van der Waals surface area contributed by atoms with Crippen molar-refractivity contribution in [2.75, 3.05) is 26.2 Å². The zero-order chi connectivity index (χ0) is 14.7. The molecule has 2 rings (SSSR count). The lowest BCUT2D eigenvalue weighted by atomic mass is 10.2. The average molecular weight is 296 g/mol. The Morgan fingerprint density at radius 1 is 1.35 bits per heavy atom. The van der Waals surface area contributed by atoms with E-state index in [4.69, 9.17) is 5.73 Å². The number of piperazine rings is 1. The van der Waals surface area contributed by atoms with Gasteiger partial charge < -0.3 is 15.5 Å². The molecule has 2 N–H and O–H groups in total. The number of nitrogens with two attached hydrogens (primary N) is 1. The van der Waals surface area contributed by atoms with Crippen LogP contribution in [0.15, 0.2) is 5.38 Å². The normalized spacial score (nSPS) is 17.1. The predicted molar refractivity (Wildman–Crippen MR) is 77.3 cm³/mol. The lowest BCUT2D eigenvalue weighted by Crippen LogP contribution is -2.50. The molecule has 1 aliphatic heterocycles. The summed E-state index contributed by atoms with van der Waals surface area (Å²) >= 11 is 1.49. The van der Waals surface area contributed by atoms with E-state index in [0.717, 1.165) is 10.7 Å². The Bertz CT molecular complexity index is 492. The van der Waals surface area contributed by atoms with Crippen molar-refractivity contribution in [1.29, 1.82) is 0 Å². The molecule has 0 aliphatic carbocycles. The molecule has 1 aromatic rings. The Hall–Kier alpha value is -1.47. The first-order chi connectivity index (χ1) is 9.47. The summed E-state index contributed by atoms with van der Waals surface area (Å²) in [5.74, 6) is 0.132. The zero-order valence-corrected chi connectivity index (χ0v) is 12.7. The lowest BCUT2D eigenvalue weighted by molar-refractivity contribution is -0.138. The number of hydrogen-bond donors (Lipinski definition) is 1. The maximum atomic E-state index is 12.2. The molecule has 7 heteroatoms. The van der Waals surface area contributed by atoms with Crippen LogP contribution < -0.4 is 5.73 Å². The smallest absolute Gasteiger partial charge is 0.228 e. The van der Waals surface area contributed by atoms with Crippen LogP contribution >= 0.6 is 11.3 Å². The molecule has 0 spiro atoms. The molecule has 1 fully saturated rings. The topological polar surface area (TPSA) is 79.5 Å². The SMILES string of the molecule is CC(=O)N1CCN(C(=O)Cc2csc(C(C)N)n2)CC1. The summed E-state index contributed by atoms with van der Waals surface area (Å²) < 4.78 is 0. The number of thiazole rings is 1. The van der Waals surface area contributed by atoms with Gasteiger partial charge in [-0.15, -0.1) is 11.3 Å². The molecule has 0 aromatic carbocycles. The number of carbonyl (C=O) groups excluding carboxylic acids is 2. The van der Waals surface area contributed by atoms with Crippen LogP contribution in [0.1, 0.15) is 30.6 Å². The number of nitrogens with zero attached hydrogens (tertiary/aromatic N) is 3. The van der Waals surface area contributed by atoms with Crippen molar-refractivity contribution in [1.82, 2.24) is 14.8 Å². The van der Waals surface area contributed by atoms with Crippen LogP contribution in [0.2, 0.25) is 0 Å². The molecule has 6 nitrogen and oxygen atoms in total. The van der Waals surface area contributed by atoms with E-state index in [-0.39, 0.29) is 17.9 Å². The second kappa shape index (κ2) is 6.32. The molecule has 1 atom stereocenters. The Balaban J connectivity index is 1.87.